The molecule has 1 aromatic carbocycles. The zero-order valence-electron chi connectivity index (χ0n) is 14.9. The maximum Gasteiger partial charge on any atom is 0.278 e. The molecule has 2 heterocycles. The van der Waals surface area contributed by atoms with E-state index in [-0.39, 0.29) is 12.0 Å². The summed E-state index contributed by atoms with van der Waals surface area (Å²) >= 11 is 12.0. The summed E-state index contributed by atoms with van der Waals surface area (Å²) < 4.78 is 1.56. The molecule has 2 aromatic heterocycles. The molecule has 0 bridgehead atoms. The summed E-state index contributed by atoms with van der Waals surface area (Å²) in [7, 11) is 1.75. The van der Waals surface area contributed by atoms with E-state index in [1.165, 1.54) is 6.20 Å². The number of carbonyl (C=O) groups excluding carboxylic acids is 1. The first-order valence-corrected chi connectivity index (χ1v) is 9.24. The number of H-pyrrole nitrogens is 1. The van der Waals surface area contributed by atoms with E-state index in [9.17, 15) is 9.59 Å². The average molecular weight is 425 g/mol. The Morgan fingerprint density at radius 3 is 2.82 bits per heavy atom. The first-order valence-electron chi connectivity index (χ1n) is 8.48. The predicted octanol–water partition coefficient (Wildman–Crippen LogP) is 2.87. The number of hydrogen-bond acceptors (Lipinski definition) is 6. The minimum Gasteiger partial charge on any atom is -0.315 e. The molecule has 0 saturated carbocycles. The van der Waals surface area contributed by atoms with Crippen molar-refractivity contribution >= 4 is 51.8 Å². The van der Waals surface area contributed by atoms with E-state index in [0.717, 1.165) is 0 Å². The van der Waals surface area contributed by atoms with Crippen LogP contribution in [0.4, 0.5) is 11.6 Å². The number of amides is 1. The van der Waals surface area contributed by atoms with Crippen LogP contribution in [0.5, 0.6) is 0 Å². The number of rotatable bonds is 7. The number of hydrogen-bond donors (Lipinski definition) is 3. The van der Waals surface area contributed by atoms with Gasteiger partial charge in [-0.3, -0.25) is 24.5 Å². The number of unbranched alkanes of at least 4 members (excludes halogenated alkanes) is 1. The van der Waals surface area contributed by atoms with Gasteiger partial charge in [0, 0.05) is 25.7 Å². The molecule has 3 N–H and O–H groups in total. The van der Waals surface area contributed by atoms with E-state index in [1.807, 2.05) is 0 Å². The van der Waals surface area contributed by atoms with Crippen LogP contribution in [0.3, 0.4) is 0 Å². The lowest BCUT2D eigenvalue weighted by Crippen LogP contribution is -2.20. The number of aromatic amines is 1. The van der Waals surface area contributed by atoms with E-state index in [2.05, 4.69) is 15.1 Å². The van der Waals surface area contributed by atoms with Crippen molar-refractivity contribution in [1.82, 2.24) is 25.2 Å². The van der Waals surface area contributed by atoms with Crippen LogP contribution in [0.15, 0.2) is 29.2 Å². The summed E-state index contributed by atoms with van der Waals surface area (Å²) in [6.07, 6.45) is 2.89. The van der Waals surface area contributed by atoms with Crippen molar-refractivity contribution in [2.24, 2.45) is 0 Å². The highest BCUT2D eigenvalue weighted by Crippen LogP contribution is 2.29. The lowest BCUT2D eigenvalue weighted by atomic mass is 10.2. The molecule has 3 rings (SSSR count). The number of aryl methyl sites for hydroxylation is 1. The fourth-order valence-electron chi connectivity index (χ4n) is 2.74. The number of hydroxylamine groups is 1. The van der Waals surface area contributed by atoms with Crippen molar-refractivity contribution < 1.29 is 10.0 Å². The normalized spacial score (nSPS) is 11.0. The van der Waals surface area contributed by atoms with Crippen molar-refractivity contribution in [2.75, 3.05) is 11.9 Å². The van der Waals surface area contributed by atoms with Gasteiger partial charge in [0.05, 0.1) is 16.2 Å². The second kappa shape index (κ2) is 8.59. The second-order valence-electron chi connectivity index (χ2n) is 6.14. The number of nitrogens with zero attached hydrogens (tertiary/aromatic N) is 4. The molecule has 0 atom stereocenters. The van der Waals surface area contributed by atoms with Crippen LogP contribution in [0.2, 0.25) is 10.0 Å². The largest absolute Gasteiger partial charge is 0.315 e. The van der Waals surface area contributed by atoms with Gasteiger partial charge in [0.2, 0.25) is 11.9 Å². The maximum atomic E-state index is 12.6. The minimum absolute atomic E-state index is 0.197. The Kier molecular flexibility index (Phi) is 6.18. The third kappa shape index (κ3) is 4.27. The van der Waals surface area contributed by atoms with E-state index < -0.39 is 5.91 Å². The highest BCUT2D eigenvalue weighted by atomic mass is 35.5. The Hall–Kier alpha value is -2.62. The molecule has 148 valence electrons. The van der Waals surface area contributed by atoms with Gasteiger partial charge in [0.25, 0.3) is 5.56 Å². The number of anilines is 2. The molecular weight excluding hydrogens is 407 g/mol. The average Bonchev–Trinajstić information content (AvgIpc) is 3.10. The van der Waals surface area contributed by atoms with E-state index in [1.54, 1.807) is 40.3 Å². The van der Waals surface area contributed by atoms with E-state index in [4.69, 9.17) is 28.4 Å². The SMILES string of the molecule is CN(c1ccc(Cl)c(Cl)c1)c1nc2cnn(CCCCC(=O)NO)c2c(=O)[nH]1. The molecule has 11 heteroatoms. The first-order chi connectivity index (χ1) is 13.4. The van der Waals surface area contributed by atoms with Gasteiger partial charge in [0.1, 0.15) is 5.52 Å². The van der Waals surface area contributed by atoms with Crippen LogP contribution >= 0.6 is 23.2 Å². The van der Waals surface area contributed by atoms with Crippen molar-refractivity contribution in [3.63, 3.8) is 0 Å². The van der Waals surface area contributed by atoms with Gasteiger partial charge >= 0.3 is 0 Å². The van der Waals surface area contributed by atoms with Crippen LogP contribution in [-0.4, -0.2) is 37.9 Å². The Labute approximate surface area is 169 Å². The van der Waals surface area contributed by atoms with Crippen molar-refractivity contribution in [3.05, 3.63) is 44.8 Å². The molecule has 0 saturated heterocycles. The zero-order chi connectivity index (χ0) is 20.3. The van der Waals surface area contributed by atoms with Crippen LogP contribution < -0.4 is 15.9 Å². The van der Waals surface area contributed by atoms with Gasteiger partial charge in [0.15, 0.2) is 5.52 Å². The van der Waals surface area contributed by atoms with E-state index in [0.29, 0.717) is 52.1 Å². The smallest absolute Gasteiger partial charge is 0.278 e. The van der Waals surface area contributed by atoms with Crippen molar-refractivity contribution in [2.45, 2.75) is 25.8 Å². The highest BCUT2D eigenvalue weighted by molar-refractivity contribution is 6.42. The second-order valence-corrected chi connectivity index (χ2v) is 6.96. The Morgan fingerprint density at radius 2 is 2.11 bits per heavy atom. The third-order valence-corrected chi connectivity index (χ3v) is 4.98. The fraction of sp³-hybridized carbons (Fsp3) is 0.294. The summed E-state index contributed by atoms with van der Waals surface area (Å²) in [6, 6.07) is 5.12. The molecule has 0 aliphatic carbocycles. The maximum absolute atomic E-state index is 12.6. The van der Waals surface area contributed by atoms with Crippen LogP contribution in [-0.2, 0) is 11.3 Å². The summed E-state index contributed by atoms with van der Waals surface area (Å²) in [5.41, 5.74) is 2.80. The molecule has 0 aliphatic rings. The molecule has 0 fully saturated rings. The van der Waals surface area contributed by atoms with Gasteiger partial charge in [-0.1, -0.05) is 23.2 Å². The predicted molar refractivity (Wildman–Crippen MR) is 106 cm³/mol. The van der Waals surface area contributed by atoms with Crippen LogP contribution in [0.1, 0.15) is 19.3 Å². The van der Waals surface area contributed by atoms with Gasteiger partial charge in [-0.25, -0.2) is 10.5 Å². The standard InChI is InChI=1S/C17H18Cl2N6O3/c1-24(10-5-6-11(18)12(19)8-10)17-21-13-9-20-25(15(13)16(27)22-17)7-3-2-4-14(26)23-28/h5-6,8-9,28H,2-4,7H2,1H3,(H,23,26)(H,21,22,27). The molecule has 0 unspecified atom stereocenters. The monoisotopic (exact) mass is 424 g/mol. The minimum atomic E-state index is -0.445. The third-order valence-electron chi connectivity index (χ3n) is 4.24. The van der Waals surface area contributed by atoms with Crippen molar-refractivity contribution in [3.8, 4) is 0 Å². The lowest BCUT2D eigenvalue weighted by Gasteiger charge is -2.18. The Morgan fingerprint density at radius 1 is 1.32 bits per heavy atom. The summed E-state index contributed by atoms with van der Waals surface area (Å²) in [6.45, 7) is 0.453. The molecular formula is C17H18Cl2N6O3. The number of nitrogens with one attached hydrogen (secondary N) is 2. The van der Waals surface area contributed by atoms with Crippen molar-refractivity contribution in [1.29, 1.82) is 0 Å². The number of halogens is 2. The summed E-state index contributed by atoms with van der Waals surface area (Å²) in [4.78, 5) is 32.5. The van der Waals surface area contributed by atoms with Crippen LogP contribution in [0, 0.1) is 0 Å². The zero-order valence-corrected chi connectivity index (χ0v) is 16.5. The number of aromatic nitrogens is 4. The molecule has 0 spiro atoms. The first kappa shape index (κ1) is 20.1. The van der Waals surface area contributed by atoms with Crippen LogP contribution in [0.25, 0.3) is 11.0 Å². The van der Waals surface area contributed by atoms with E-state index >= 15 is 0 Å². The number of carbonyl (C=O) groups is 1. The highest BCUT2D eigenvalue weighted by Gasteiger charge is 2.14. The molecule has 0 aliphatic heterocycles. The topological polar surface area (TPSA) is 116 Å². The number of benzene rings is 1. The van der Waals surface area contributed by atoms with Gasteiger partial charge in [-0.05, 0) is 31.0 Å². The van der Waals surface area contributed by atoms with Gasteiger partial charge < -0.3 is 4.90 Å². The molecule has 28 heavy (non-hydrogen) atoms. The quantitative estimate of drug-likeness (QED) is 0.305. The van der Waals surface area contributed by atoms with Gasteiger partial charge in [-0.15, -0.1) is 0 Å². The Balaban J connectivity index is 1.81. The Bertz CT molecular complexity index is 1060. The van der Waals surface area contributed by atoms with Gasteiger partial charge in [-0.2, -0.15) is 5.10 Å². The molecule has 3 aromatic rings. The fourth-order valence-corrected chi connectivity index (χ4v) is 3.03. The summed E-state index contributed by atoms with van der Waals surface area (Å²) in [5.74, 6) is -0.102. The molecule has 9 nitrogen and oxygen atoms in total. The summed E-state index contributed by atoms with van der Waals surface area (Å²) in [5, 5.41) is 13.5. The number of fused-ring (bicyclic) bond motifs is 1. The lowest BCUT2D eigenvalue weighted by molar-refractivity contribution is -0.129. The molecule has 0 radical (unpaired) electrons. The molecule has 1 amide bonds.